The fourth-order valence-corrected chi connectivity index (χ4v) is 4.70. The van der Waals surface area contributed by atoms with E-state index in [2.05, 4.69) is 20.5 Å². The van der Waals surface area contributed by atoms with Crippen LogP contribution in [0.1, 0.15) is 38.9 Å². The van der Waals surface area contributed by atoms with Gasteiger partial charge in [0.05, 0.1) is 17.6 Å². The van der Waals surface area contributed by atoms with Gasteiger partial charge in [-0.25, -0.2) is 13.8 Å². The summed E-state index contributed by atoms with van der Waals surface area (Å²) in [6.07, 6.45) is -6.35. The van der Waals surface area contributed by atoms with E-state index in [-0.39, 0.29) is 32.0 Å². The van der Waals surface area contributed by atoms with Crippen LogP contribution in [0.15, 0.2) is 18.3 Å². The first-order valence-electron chi connectivity index (χ1n) is 10.2. The highest BCUT2D eigenvalue weighted by atomic mass is 32.1. The highest BCUT2D eigenvalue weighted by molar-refractivity contribution is 7.21. The molecular weight excluding hydrogens is 509 g/mol. The van der Waals surface area contributed by atoms with Gasteiger partial charge in [0, 0.05) is 23.7 Å². The average molecular weight is 527 g/mol. The lowest BCUT2D eigenvalue weighted by Crippen LogP contribution is -2.22. The maximum atomic E-state index is 13.6. The molecule has 0 saturated heterocycles. The molecule has 36 heavy (non-hydrogen) atoms. The zero-order chi connectivity index (χ0) is 26.5. The van der Waals surface area contributed by atoms with Crippen molar-refractivity contribution < 1.29 is 31.5 Å². The molecule has 0 aliphatic heterocycles. The van der Waals surface area contributed by atoms with Gasteiger partial charge < -0.3 is 11.1 Å². The van der Waals surface area contributed by atoms with E-state index in [4.69, 9.17) is 5.73 Å². The second kappa shape index (κ2) is 8.96. The number of alkyl halides is 5. The van der Waals surface area contributed by atoms with Crippen LogP contribution in [-0.4, -0.2) is 36.4 Å². The number of pyridine rings is 1. The second-order valence-corrected chi connectivity index (χ2v) is 8.89. The molecule has 190 valence electrons. The van der Waals surface area contributed by atoms with Crippen molar-refractivity contribution >= 4 is 39.1 Å². The van der Waals surface area contributed by atoms with Gasteiger partial charge in [0.25, 0.3) is 12.3 Å². The summed E-state index contributed by atoms with van der Waals surface area (Å²) >= 11 is 0.574. The fourth-order valence-electron chi connectivity index (χ4n) is 3.69. The molecule has 4 heterocycles. The number of amides is 2. The zero-order valence-electron chi connectivity index (χ0n) is 18.9. The number of nitrogens with two attached hydrogens (primary N) is 1. The highest BCUT2D eigenvalue weighted by Crippen LogP contribution is 2.44. The Morgan fingerprint density at radius 3 is 2.44 bits per heavy atom. The van der Waals surface area contributed by atoms with Crippen LogP contribution in [-0.2, 0) is 24.6 Å². The Kier molecular flexibility index (Phi) is 6.28. The van der Waals surface area contributed by atoms with Gasteiger partial charge in [0.15, 0.2) is 0 Å². The van der Waals surface area contributed by atoms with Crippen molar-refractivity contribution in [3.63, 3.8) is 0 Å². The Morgan fingerprint density at radius 1 is 1.19 bits per heavy atom. The number of aryl methyl sites for hydroxylation is 2. The molecule has 3 N–H and O–H groups in total. The van der Waals surface area contributed by atoms with Crippen LogP contribution in [0, 0.1) is 13.8 Å². The molecule has 0 aliphatic carbocycles. The summed E-state index contributed by atoms with van der Waals surface area (Å²) in [4.78, 5) is 28.2. The van der Waals surface area contributed by atoms with Crippen LogP contribution in [0.2, 0.25) is 0 Å². The minimum atomic E-state index is -4.80. The quantitative estimate of drug-likeness (QED) is 0.364. The highest BCUT2D eigenvalue weighted by Gasteiger charge is 2.35. The van der Waals surface area contributed by atoms with Crippen molar-refractivity contribution in [1.82, 2.24) is 24.5 Å². The normalized spacial score (nSPS) is 12.0. The number of carbonyl (C=O) groups excluding carboxylic acids is 2. The molecule has 0 aliphatic rings. The third kappa shape index (κ3) is 4.53. The van der Waals surface area contributed by atoms with E-state index < -0.39 is 42.3 Å². The number of primary amides is 1. The van der Waals surface area contributed by atoms with Gasteiger partial charge in [-0.2, -0.15) is 23.4 Å². The van der Waals surface area contributed by atoms with Gasteiger partial charge in [0.1, 0.15) is 27.6 Å². The van der Waals surface area contributed by atoms with Crippen LogP contribution >= 0.6 is 11.3 Å². The summed E-state index contributed by atoms with van der Waals surface area (Å²) in [5.74, 6) is -1.87. The number of nitrogens with zero attached hydrogens (tertiary/aromatic N) is 5. The first-order valence-corrected chi connectivity index (χ1v) is 11.1. The largest absolute Gasteiger partial charge is 0.433 e. The van der Waals surface area contributed by atoms with E-state index in [0.29, 0.717) is 22.6 Å². The molecule has 4 rings (SSSR count). The fraction of sp³-hybridized carbons (Fsp3) is 0.286. The number of hydrogen-bond donors (Lipinski definition) is 2. The first kappa shape index (κ1) is 25.2. The molecule has 4 aromatic rings. The topological polar surface area (TPSA) is 121 Å². The minimum Gasteiger partial charge on any atom is -0.365 e. The van der Waals surface area contributed by atoms with E-state index in [1.807, 2.05) is 0 Å². The van der Waals surface area contributed by atoms with E-state index in [9.17, 15) is 31.5 Å². The van der Waals surface area contributed by atoms with E-state index in [1.54, 1.807) is 14.0 Å². The van der Waals surface area contributed by atoms with Gasteiger partial charge in [-0.1, -0.05) is 0 Å². The Balaban J connectivity index is 1.89. The summed E-state index contributed by atoms with van der Waals surface area (Å²) < 4.78 is 69.7. The summed E-state index contributed by atoms with van der Waals surface area (Å²) in [6.45, 7) is 2.47. The standard InChI is InChI=1S/C21H18F5N7O2S/c1-8-4-12(18(22)23)33(31-8)7-14(34)30-16-15-10(11-6-28-32(3)9(11)2)5-13(21(24,25)26)29-20(15)36-17(16)19(27)35/h4-6,18H,7H2,1-3H3,(H2,27,35)(H,30,34). The lowest BCUT2D eigenvalue weighted by Gasteiger charge is -2.13. The molecule has 0 atom stereocenters. The SMILES string of the molecule is Cc1cc(C(F)F)n(CC(=O)Nc2c(C(N)=O)sc3nc(C(F)(F)F)cc(-c4cnn(C)c4C)c23)n1. The first-order chi connectivity index (χ1) is 16.8. The second-order valence-electron chi connectivity index (χ2n) is 7.89. The number of fused-ring (bicyclic) bond motifs is 1. The third-order valence-corrected chi connectivity index (χ3v) is 6.51. The molecule has 0 saturated carbocycles. The van der Waals surface area contributed by atoms with Gasteiger partial charge in [-0.15, -0.1) is 11.3 Å². The molecule has 0 bridgehead atoms. The molecule has 4 aromatic heterocycles. The molecule has 0 radical (unpaired) electrons. The molecule has 0 unspecified atom stereocenters. The minimum absolute atomic E-state index is 0.0141. The number of nitrogens with one attached hydrogen (secondary N) is 1. The van der Waals surface area contributed by atoms with E-state index in [0.717, 1.165) is 16.8 Å². The summed E-state index contributed by atoms with van der Waals surface area (Å²) in [7, 11) is 1.60. The van der Waals surface area contributed by atoms with Crippen molar-refractivity contribution in [2.45, 2.75) is 33.0 Å². The molecule has 0 fully saturated rings. The molecule has 0 spiro atoms. The lowest BCUT2D eigenvalue weighted by atomic mass is 10.0. The summed E-state index contributed by atoms with van der Waals surface area (Å²) in [5, 5.41) is 10.4. The number of thiophene rings is 1. The van der Waals surface area contributed by atoms with Gasteiger partial charge >= 0.3 is 6.18 Å². The molecule has 2 amide bonds. The molecule has 9 nitrogen and oxygen atoms in total. The van der Waals surface area contributed by atoms with Gasteiger partial charge in [0.2, 0.25) is 5.91 Å². The lowest BCUT2D eigenvalue weighted by molar-refractivity contribution is -0.140. The van der Waals surface area contributed by atoms with Crippen LogP contribution in [0.4, 0.5) is 27.6 Å². The van der Waals surface area contributed by atoms with Crippen molar-refractivity contribution in [3.8, 4) is 11.1 Å². The van der Waals surface area contributed by atoms with Crippen LogP contribution in [0.3, 0.4) is 0 Å². The summed E-state index contributed by atoms with van der Waals surface area (Å²) in [5.41, 5.74) is 4.67. The molecule has 0 aromatic carbocycles. The third-order valence-electron chi connectivity index (χ3n) is 5.42. The van der Waals surface area contributed by atoms with E-state index >= 15 is 0 Å². The Labute approximate surface area is 203 Å². The number of halogens is 5. The van der Waals surface area contributed by atoms with Crippen LogP contribution in [0.25, 0.3) is 21.3 Å². The Morgan fingerprint density at radius 2 is 1.89 bits per heavy atom. The predicted molar refractivity (Wildman–Crippen MR) is 121 cm³/mol. The monoisotopic (exact) mass is 527 g/mol. The molecular formula is C21H18F5N7O2S. The smallest absolute Gasteiger partial charge is 0.365 e. The van der Waals surface area contributed by atoms with Gasteiger partial charge in [-0.05, 0) is 31.5 Å². The Bertz CT molecular complexity index is 1500. The van der Waals surface area contributed by atoms with Crippen LogP contribution < -0.4 is 11.1 Å². The zero-order valence-corrected chi connectivity index (χ0v) is 19.8. The number of aromatic nitrogens is 5. The maximum Gasteiger partial charge on any atom is 0.433 e. The molecule has 15 heteroatoms. The number of hydrogen-bond acceptors (Lipinski definition) is 6. The predicted octanol–water partition coefficient (Wildman–Crippen LogP) is 4.20. The number of rotatable bonds is 6. The summed E-state index contributed by atoms with van der Waals surface area (Å²) in [6, 6.07) is 1.92. The van der Waals surface area contributed by atoms with Crippen molar-refractivity contribution in [2.24, 2.45) is 12.8 Å². The van der Waals surface area contributed by atoms with Crippen molar-refractivity contribution in [2.75, 3.05) is 5.32 Å². The van der Waals surface area contributed by atoms with E-state index in [1.165, 1.54) is 17.8 Å². The van der Waals surface area contributed by atoms with Crippen LogP contribution in [0.5, 0.6) is 0 Å². The van der Waals surface area contributed by atoms with Gasteiger partial charge in [-0.3, -0.25) is 19.0 Å². The van der Waals surface area contributed by atoms with Crippen molar-refractivity contribution in [3.05, 3.63) is 46.0 Å². The number of anilines is 1. The average Bonchev–Trinajstić information content (AvgIpc) is 3.42. The number of carbonyl (C=O) groups is 2. The maximum absolute atomic E-state index is 13.6. The Hall–Kier alpha value is -3.88. The van der Waals surface area contributed by atoms with Crippen molar-refractivity contribution in [1.29, 1.82) is 0 Å².